The summed E-state index contributed by atoms with van der Waals surface area (Å²) in [6.45, 7) is 6.73. The predicted octanol–water partition coefficient (Wildman–Crippen LogP) is 5.75. The van der Waals surface area contributed by atoms with E-state index >= 15 is 0 Å². The third-order valence-electron chi connectivity index (χ3n) is 6.49. The van der Waals surface area contributed by atoms with Gasteiger partial charge in [0.05, 0.1) is 11.3 Å². The summed E-state index contributed by atoms with van der Waals surface area (Å²) in [6.07, 6.45) is 8.46. The van der Waals surface area contributed by atoms with Gasteiger partial charge in [-0.05, 0) is 75.0 Å². The summed E-state index contributed by atoms with van der Waals surface area (Å²) in [7, 11) is 1.50. The molecule has 1 fully saturated rings. The van der Waals surface area contributed by atoms with Crippen molar-refractivity contribution >= 4 is 23.8 Å². The Morgan fingerprint density at radius 2 is 1.60 bits per heavy atom. The fourth-order valence-electron chi connectivity index (χ4n) is 4.49. The first-order chi connectivity index (χ1) is 19.4. The standard InChI is InChI=1S/C24H26N6O2.C6H14.CH5N/c25-22(16-6-12-20(13-7-16)32-19-4-2-1-3-5-19)21-23(26)27-14-28-24(21)30-18-10-8-17(9-11-18)29-15-31;1-4-5-6(2)3;1-2/h1-7,12-15,17-18,25H,8-11H2,(H,29,31)(H3,26,27,28,30);6H,4-5H2,1-3H3;2H2,1H3. The molecule has 0 spiro atoms. The number of rotatable bonds is 10. The van der Waals surface area contributed by atoms with Crippen LogP contribution in [-0.4, -0.2) is 41.2 Å². The van der Waals surface area contributed by atoms with Gasteiger partial charge in [-0.25, -0.2) is 9.97 Å². The minimum Gasteiger partial charge on any atom is -0.457 e. The highest BCUT2D eigenvalue weighted by Crippen LogP contribution is 2.28. The van der Waals surface area contributed by atoms with E-state index in [-0.39, 0.29) is 23.6 Å². The highest BCUT2D eigenvalue weighted by atomic mass is 16.5. The monoisotopic (exact) mass is 547 g/mol. The van der Waals surface area contributed by atoms with Crippen molar-refractivity contribution in [2.75, 3.05) is 18.1 Å². The van der Waals surface area contributed by atoms with Crippen LogP contribution in [0.3, 0.4) is 0 Å². The van der Waals surface area contributed by atoms with Crippen LogP contribution in [0.25, 0.3) is 0 Å². The van der Waals surface area contributed by atoms with Crippen LogP contribution >= 0.6 is 0 Å². The summed E-state index contributed by atoms with van der Waals surface area (Å²) in [4.78, 5) is 19.1. The van der Waals surface area contributed by atoms with Gasteiger partial charge in [-0.3, -0.25) is 10.2 Å². The van der Waals surface area contributed by atoms with Crippen molar-refractivity contribution in [2.24, 2.45) is 11.7 Å². The molecule has 216 valence electrons. The molecule has 9 heteroatoms. The maximum atomic E-state index is 10.7. The van der Waals surface area contributed by atoms with Gasteiger partial charge in [0.15, 0.2) is 0 Å². The van der Waals surface area contributed by atoms with Gasteiger partial charge in [-0.2, -0.15) is 0 Å². The average Bonchev–Trinajstić information content (AvgIpc) is 2.96. The maximum absolute atomic E-state index is 10.7. The molecule has 40 heavy (non-hydrogen) atoms. The molecule has 9 nitrogen and oxygen atoms in total. The molecule has 1 heterocycles. The van der Waals surface area contributed by atoms with Gasteiger partial charge in [-0.15, -0.1) is 0 Å². The maximum Gasteiger partial charge on any atom is 0.207 e. The van der Waals surface area contributed by atoms with Crippen LogP contribution in [0.2, 0.25) is 0 Å². The molecule has 0 bridgehead atoms. The molecule has 1 saturated carbocycles. The number of hydrogen-bond donors (Lipinski definition) is 5. The third kappa shape index (κ3) is 10.3. The number of carbonyl (C=O) groups is 1. The summed E-state index contributed by atoms with van der Waals surface area (Å²) in [5.41, 5.74) is 12.1. The smallest absolute Gasteiger partial charge is 0.207 e. The van der Waals surface area contributed by atoms with Gasteiger partial charge >= 0.3 is 0 Å². The fraction of sp³-hybridized carbons (Fsp3) is 0.419. The third-order valence-corrected chi connectivity index (χ3v) is 6.49. The Kier molecular flexibility index (Phi) is 14.2. The quantitative estimate of drug-likeness (QED) is 0.160. The predicted molar refractivity (Wildman–Crippen MR) is 164 cm³/mol. The van der Waals surface area contributed by atoms with Gasteiger partial charge in [0, 0.05) is 17.6 Å². The van der Waals surface area contributed by atoms with E-state index in [2.05, 4.69) is 47.1 Å². The van der Waals surface area contributed by atoms with Crippen molar-refractivity contribution < 1.29 is 9.53 Å². The first kappa shape index (κ1) is 32.2. The number of benzene rings is 2. The van der Waals surface area contributed by atoms with Crippen LogP contribution in [0, 0.1) is 11.3 Å². The van der Waals surface area contributed by atoms with Gasteiger partial charge in [0.25, 0.3) is 0 Å². The largest absolute Gasteiger partial charge is 0.457 e. The first-order valence-corrected chi connectivity index (χ1v) is 14.0. The van der Waals surface area contributed by atoms with Gasteiger partial charge in [0.2, 0.25) is 6.41 Å². The van der Waals surface area contributed by atoms with E-state index in [4.69, 9.17) is 15.9 Å². The molecule has 0 atom stereocenters. The van der Waals surface area contributed by atoms with Gasteiger partial charge in [0.1, 0.15) is 29.5 Å². The molecule has 1 aromatic heterocycles. The molecule has 0 unspecified atom stereocenters. The highest BCUT2D eigenvalue weighted by Gasteiger charge is 2.23. The number of aromatic nitrogens is 2. The number of nitrogens with zero attached hydrogens (tertiary/aromatic N) is 2. The zero-order chi connectivity index (χ0) is 29.3. The Morgan fingerprint density at radius 1 is 1.00 bits per heavy atom. The van der Waals surface area contributed by atoms with Crippen LogP contribution < -0.4 is 26.8 Å². The molecule has 3 aromatic rings. The lowest BCUT2D eigenvalue weighted by atomic mass is 9.91. The zero-order valence-corrected chi connectivity index (χ0v) is 24.2. The molecule has 1 amide bonds. The van der Waals surface area contributed by atoms with E-state index in [0.29, 0.717) is 22.7 Å². The number of nitrogens with one attached hydrogen (secondary N) is 3. The minimum absolute atomic E-state index is 0.196. The van der Waals surface area contributed by atoms with Crippen molar-refractivity contribution in [1.82, 2.24) is 15.3 Å². The normalized spacial score (nSPS) is 15.9. The Labute approximate surface area is 238 Å². The number of carbonyl (C=O) groups excluding carboxylic acids is 1. The number of amides is 1. The molecule has 2 aromatic carbocycles. The molecule has 0 saturated heterocycles. The Morgan fingerprint density at radius 3 is 2.15 bits per heavy atom. The molecule has 1 aliphatic carbocycles. The van der Waals surface area contributed by atoms with E-state index in [1.807, 2.05) is 54.6 Å². The summed E-state index contributed by atoms with van der Waals surface area (Å²) >= 11 is 0. The SMILES string of the molecule is CCCC(C)C.CN.N=C(c1ccc(Oc2ccccc2)cc1)c1c(N)ncnc1NC1CCC(NC=O)CC1. The summed E-state index contributed by atoms with van der Waals surface area (Å²) in [5.74, 6) is 3.15. The van der Waals surface area contributed by atoms with Crippen LogP contribution in [0.15, 0.2) is 60.9 Å². The number of hydrogen-bond acceptors (Lipinski definition) is 8. The van der Waals surface area contributed by atoms with Gasteiger partial charge in [-0.1, -0.05) is 51.8 Å². The molecule has 4 rings (SSSR count). The fourth-order valence-corrected chi connectivity index (χ4v) is 4.49. The van der Waals surface area contributed by atoms with Crippen molar-refractivity contribution in [3.63, 3.8) is 0 Å². The number of nitrogen functional groups attached to an aromatic ring is 1. The molecule has 7 N–H and O–H groups in total. The number of anilines is 2. The molecular formula is C31H45N7O2. The average molecular weight is 548 g/mol. The Balaban J connectivity index is 0.000000622. The van der Waals surface area contributed by atoms with E-state index in [0.717, 1.165) is 43.8 Å². The highest BCUT2D eigenvalue weighted by molar-refractivity contribution is 6.16. The van der Waals surface area contributed by atoms with Crippen LogP contribution in [0.1, 0.15) is 70.4 Å². The van der Waals surface area contributed by atoms with Crippen LogP contribution in [-0.2, 0) is 4.79 Å². The topological polar surface area (TPSA) is 152 Å². The Hall–Kier alpha value is -3.98. The molecule has 1 aliphatic rings. The first-order valence-electron chi connectivity index (χ1n) is 14.0. The lowest BCUT2D eigenvalue weighted by molar-refractivity contribution is -0.110. The summed E-state index contributed by atoms with van der Waals surface area (Å²) in [6, 6.07) is 17.3. The van der Waals surface area contributed by atoms with E-state index in [1.165, 1.54) is 26.2 Å². The zero-order valence-electron chi connectivity index (χ0n) is 24.2. The van der Waals surface area contributed by atoms with Gasteiger partial charge < -0.3 is 26.8 Å². The van der Waals surface area contributed by atoms with Crippen molar-refractivity contribution in [3.05, 3.63) is 72.1 Å². The van der Waals surface area contributed by atoms with Crippen LogP contribution in [0.5, 0.6) is 11.5 Å². The number of nitrogens with two attached hydrogens (primary N) is 2. The second kappa shape index (κ2) is 17.6. The van der Waals surface area contributed by atoms with E-state index in [1.54, 1.807) is 0 Å². The van der Waals surface area contributed by atoms with Crippen molar-refractivity contribution in [3.8, 4) is 11.5 Å². The summed E-state index contributed by atoms with van der Waals surface area (Å²) < 4.78 is 5.83. The van der Waals surface area contributed by atoms with E-state index < -0.39 is 0 Å². The second-order valence-electron chi connectivity index (χ2n) is 9.96. The number of ether oxygens (including phenoxy) is 1. The minimum atomic E-state index is 0.196. The molecule has 0 radical (unpaired) electrons. The van der Waals surface area contributed by atoms with Crippen LogP contribution in [0.4, 0.5) is 11.6 Å². The second-order valence-corrected chi connectivity index (χ2v) is 9.96. The van der Waals surface area contributed by atoms with Crippen molar-refractivity contribution in [2.45, 2.75) is 71.4 Å². The number of para-hydroxylation sites is 1. The molecule has 0 aliphatic heterocycles. The Bertz CT molecular complexity index is 1150. The van der Waals surface area contributed by atoms with Crippen molar-refractivity contribution in [1.29, 1.82) is 5.41 Å². The summed E-state index contributed by atoms with van der Waals surface area (Å²) in [5, 5.41) is 15.0. The van der Waals surface area contributed by atoms with E-state index in [9.17, 15) is 4.79 Å². The molecular weight excluding hydrogens is 502 g/mol. The lowest BCUT2D eigenvalue weighted by Gasteiger charge is -2.29. The lowest BCUT2D eigenvalue weighted by Crippen LogP contribution is -2.36.